The van der Waals surface area contributed by atoms with Crippen molar-refractivity contribution in [3.05, 3.63) is 69.0 Å². The first-order valence-corrected chi connectivity index (χ1v) is 8.06. The van der Waals surface area contributed by atoms with E-state index in [0.29, 0.717) is 23.8 Å². The Kier molecular flexibility index (Phi) is 4.99. The Balaban J connectivity index is 1.69. The van der Waals surface area contributed by atoms with Gasteiger partial charge in [0.05, 0.1) is 11.3 Å². The molecule has 0 amide bonds. The summed E-state index contributed by atoms with van der Waals surface area (Å²) in [6.07, 6.45) is 5.88. The molecular weight excluding hydrogens is 362 g/mol. The summed E-state index contributed by atoms with van der Waals surface area (Å²) in [5.41, 5.74) is 0.494. The minimum Gasteiger partial charge on any atom is -0.460 e. The van der Waals surface area contributed by atoms with Gasteiger partial charge in [-0.2, -0.15) is 9.78 Å². The third kappa shape index (κ3) is 3.72. The van der Waals surface area contributed by atoms with Crippen LogP contribution in [0.2, 0.25) is 5.02 Å². The van der Waals surface area contributed by atoms with Gasteiger partial charge in [0, 0.05) is 12.7 Å². The van der Waals surface area contributed by atoms with E-state index >= 15 is 0 Å². The predicted molar refractivity (Wildman–Crippen MR) is 93.0 cm³/mol. The van der Waals surface area contributed by atoms with Gasteiger partial charge in [-0.1, -0.05) is 11.6 Å². The molecule has 3 heterocycles. The minimum absolute atomic E-state index is 0.0418. The molecule has 0 spiro atoms. The number of halogens is 1. The number of hydrogen-bond acceptors (Lipinski definition) is 6. The average molecular weight is 376 g/mol. The lowest BCUT2D eigenvalue weighted by Gasteiger charge is -1.99. The van der Waals surface area contributed by atoms with Crippen molar-refractivity contribution in [2.45, 2.75) is 20.0 Å². The van der Waals surface area contributed by atoms with Crippen LogP contribution < -0.4 is 0 Å². The lowest BCUT2D eigenvalue weighted by molar-refractivity contribution is -0.389. The molecule has 0 N–H and O–H groups in total. The molecule has 0 fully saturated rings. The number of rotatable bonds is 7. The quantitative estimate of drug-likeness (QED) is 0.271. The van der Waals surface area contributed by atoms with Crippen molar-refractivity contribution >= 4 is 29.3 Å². The second-order valence-corrected chi connectivity index (χ2v) is 5.70. The van der Waals surface area contributed by atoms with Crippen LogP contribution in [0.15, 0.2) is 41.1 Å². The Labute approximate surface area is 152 Å². The van der Waals surface area contributed by atoms with Crippen LogP contribution in [0.5, 0.6) is 0 Å². The van der Waals surface area contributed by atoms with E-state index in [4.69, 9.17) is 16.0 Å². The largest absolute Gasteiger partial charge is 0.460 e. The van der Waals surface area contributed by atoms with Gasteiger partial charge in [0.15, 0.2) is 5.02 Å². The summed E-state index contributed by atoms with van der Waals surface area (Å²) in [5, 5.41) is 18.6. The van der Waals surface area contributed by atoms with Crippen LogP contribution in [-0.4, -0.2) is 30.3 Å². The smallest absolute Gasteiger partial charge is 0.408 e. The van der Waals surface area contributed by atoms with Crippen LogP contribution in [-0.2, 0) is 13.1 Å². The Morgan fingerprint density at radius 3 is 2.92 bits per heavy atom. The summed E-state index contributed by atoms with van der Waals surface area (Å²) in [7, 11) is 0. The van der Waals surface area contributed by atoms with Gasteiger partial charge >= 0.3 is 5.82 Å². The third-order valence-electron chi connectivity index (χ3n) is 3.54. The maximum Gasteiger partial charge on any atom is 0.408 e. The molecule has 3 rings (SSSR count). The van der Waals surface area contributed by atoms with Gasteiger partial charge in [-0.15, -0.1) is 0 Å². The number of ketones is 1. The van der Waals surface area contributed by atoms with Gasteiger partial charge in [0.2, 0.25) is 5.78 Å². The van der Waals surface area contributed by atoms with Crippen LogP contribution in [0.1, 0.15) is 28.9 Å². The molecule has 0 atom stereocenters. The Morgan fingerprint density at radius 1 is 1.42 bits per heavy atom. The average Bonchev–Trinajstić information content (AvgIpc) is 3.32. The highest BCUT2D eigenvalue weighted by atomic mass is 35.5. The summed E-state index contributed by atoms with van der Waals surface area (Å²) >= 11 is 5.76. The third-order valence-corrected chi connectivity index (χ3v) is 3.81. The van der Waals surface area contributed by atoms with Gasteiger partial charge in [0.25, 0.3) is 0 Å². The van der Waals surface area contributed by atoms with Crippen molar-refractivity contribution in [2.24, 2.45) is 0 Å². The molecule has 0 aliphatic heterocycles. The topological polar surface area (TPSA) is 109 Å². The van der Waals surface area contributed by atoms with E-state index in [0.717, 1.165) is 0 Å². The number of aryl methyl sites for hydroxylation is 1. The van der Waals surface area contributed by atoms with Crippen LogP contribution in [0.3, 0.4) is 0 Å². The van der Waals surface area contributed by atoms with Crippen molar-refractivity contribution in [3.63, 3.8) is 0 Å². The van der Waals surface area contributed by atoms with Crippen molar-refractivity contribution in [3.8, 4) is 0 Å². The number of furan rings is 1. The number of carbonyl (C=O) groups excluding carboxylic acids is 1. The molecule has 0 unspecified atom stereocenters. The van der Waals surface area contributed by atoms with Crippen molar-refractivity contribution in [1.29, 1.82) is 0 Å². The maximum atomic E-state index is 12.2. The van der Waals surface area contributed by atoms with E-state index in [9.17, 15) is 14.9 Å². The van der Waals surface area contributed by atoms with Crippen LogP contribution >= 0.6 is 11.6 Å². The standard InChI is InChI=1S/C16H14ClN5O4/c1-2-21-14(7-8-18-21)15(23)6-5-11-3-4-12(26-11)9-20-10-13(17)16(19-20)22(24)25/h3-8,10H,2,9H2,1H3/b6-5+. The normalized spacial score (nSPS) is 11.3. The molecule has 0 aliphatic carbocycles. The molecule has 0 aromatic carbocycles. The number of nitrogens with zero attached hydrogens (tertiary/aromatic N) is 5. The number of aromatic nitrogens is 4. The summed E-state index contributed by atoms with van der Waals surface area (Å²) in [6, 6.07) is 5.04. The Bertz CT molecular complexity index is 985. The van der Waals surface area contributed by atoms with E-state index in [-0.39, 0.29) is 17.4 Å². The minimum atomic E-state index is -0.651. The molecule has 0 saturated carbocycles. The molecule has 0 bridgehead atoms. The van der Waals surface area contributed by atoms with Gasteiger partial charge in [0.1, 0.15) is 23.8 Å². The zero-order valence-electron chi connectivity index (χ0n) is 13.7. The first-order valence-electron chi connectivity index (χ1n) is 7.68. The lowest BCUT2D eigenvalue weighted by atomic mass is 10.2. The molecule has 9 nitrogen and oxygen atoms in total. The van der Waals surface area contributed by atoms with E-state index in [1.807, 2.05) is 6.92 Å². The number of hydrogen-bond donors (Lipinski definition) is 0. The SMILES string of the molecule is CCn1nccc1C(=O)/C=C/c1ccc(Cn2cc(Cl)c([N+](=O)[O-])n2)o1. The van der Waals surface area contributed by atoms with E-state index in [2.05, 4.69) is 10.2 Å². The van der Waals surface area contributed by atoms with Gasteiger partial charge < -0.3 is 14.5 Å². The highest BCUT2D eigenvalue weighted by molar-refractivity contribution is 6.32. The van der Waals surface area contributed by atoms with Crippen LogP contribution in [0.4, 0.5) is 5.82 Å². The molecule has 134 valence electrons. The first-order chi connectivity index (χ1) is 12.5. The van der Waals surface area contributed by atoms with Crippen molar-refractivity contribution in [1.82, 2.24) is 19.6 Å². The van der Waals surface area contributed by atoms with E-state index in [1.165, 1.54) is 17.0 Å². The van der Waals surface area contributed by atoms with Gasteiger partial charge in [-0.05, 0) is 42.2 Å². The van der Waals surface area contributed by atoms with Crippen molar-refractivity contribution < 1.29 is 14.1 Å². The molecule has 3 aromatic rings. The maximum absolute atomic E-state index is 12.2. The molecule has 10 heteroatoms. The monoisotopic (exact) mass is 375 g/mol. The number of allylic oxidation sites excluding steroid dienone is 1. The predicted octanol–water partition coefficient (Wildman–Crippen LogP) is 3.20. The van der Waals surface area contributed by atoms with E-state index in [1.54, 1.807) is 35.2 Å². The molecule has 0 aliphatic rings. The number of carbonyl (C=O) groups is 1. The fourth-order valence-electron chi connectivity index (χ4n) is 2.36. The van der Waals surface area contributed by atoms with Crippen LogP contribution in [0.25, 0.3) is 6.08 Å². The fraction of sp³-hybridized carbons (Fsp3) is 0.188. The first kappa shape index (κ1) is 17.6. The lowest BCUT2D eigenvalue weighted by Crippen LogP contribution is -2.07. The second kappa shape index (κ2) is 7.36. The van der Waals surface area contributed by atoms with Crippen molar-refractivity contribution in [2.75, 3.05) is 0 Å². The highest BCUT2D eigenvalue weighted by Gasteiger charge is 2.19. The van der Waals surface area contributed by atoms with E-state index < -0.39 is 10.7 Å². The van der Waals surface area contributed by atoms with Gasteiger partial charge in [-0.25, -0.2) is 0 Å². The zero-order valence-corrected chi connectivity index (χ0v) is 14.5. The molecule has 0 saturated heterocycles. The number of nitro groups is 1. The Hall–Kier alpha value is -3.20. The molecular formula is C16H14ClN5O4. The van der Waals surface area contributed by atoms with Crippen LogP contribution in [0, 0.1) is 10.1 Å². The molecule has 26 heavy (non-hydrogen) atoms. The summed E-state index contributed by atoms with van der Waals surface area (Å²) in [6.45, 7) is 2.68. The zero-order chi connectivity index (χ0) is 18.7. The van der Waals surface area contributed by atoms with Gasteiger partial charge in [-0.3, -0.25) is 9.48 Å². The second-order valence-electron chi connectivity index (χ2n) is 5.29. The summed E-state index contributed by atoms with van der Waals surface area (Å²) in [5.74, 6) is 0.404. The fourth-order valence-corrected chi connectivity index (χ4v) is 2.58. The summed E-state index contributed by atoms with van der Waals surface area (Å²) in [4.78, 5) is 22.3. The molecule has 0 radical (unpaired) electrons. The highest BCUT2D eigenvalue weighted by Crippen LogP contribution is 2.22. The summed E-state index contributed by atoms with van der Waals surface area (Å²) < 4.78 is 8.51. The Morgan fingerprint density at radius 2 is 2.23 bits per heavy atom. The molecule has 3 aromatic heterocycles.